The average molecular weight is 575 g/mol. The first-order valence-corrected chi connectivity index (χ1v) is 13.5. The number of nitrogens with two attached hydrogens (primary N) is 1. The van der Waals surface area contributed by atoms with E-state index in [1.54, 1.807) is 18.2 Å². The van der Waals surface area contributed by atoms with Crippen molar-refractivity contribution in [1.82, 2.24) is 4.90 Å². The molecule has 10 heteroatoms. The predicted molar refractivity (Wildman–Crippen MR) is 155 cm³/mol. The lowest BCUT2D eigenvalue weighted by Gasteiger charge is -2.55. The number of fused-ring (bicyclic) bond motifs is 3. The summed E-state index contributed by atoms with van der Waals surface area (Å²) in [6.07, 6.45) is 1.24. The first-order chi connectivity index (χ1) is 19.5. The number of rotatable bonds is 3. The summed E-state index contributed by atoms with van der Waals surface area (Å²) in [5, 5.41) is 57.3. The van der Waals surface area contributed by atoms with E-state index in [-0.39, 0.29) is 16.7 Å². The molecule has 0 aliphatic heterocycles. The fourth-order valence-corrected chi connectivity index (χ4v) is 6.61. The summed E-state index contributed by atoms with van der Waals surface area (Å²) in [5.41, 5.74) is 0.536. The van der Waals surface area contributed by atoms with Crippen molar-refractivity contribution in [1.29, 1.82) is 0 Å². The predicted octanol–water partition coefficient (Wildman–Crippen LogP) is 2.37. The van der Waals surface area contributed by atoms with Crippen LogP contribution in [-0.4, -0.2) is 79.2 Å². The molecule has 220 valence electrons. The van der Waals surface area contributed by atoms with E-state index in [9.17, 15) is 39.9 Å². The van der Waals surface area contributed by atoms with Gasteiger partial charge in [0, 0.05) is 11.5 Å². The number of ketones is 2. The van der Waals surface area contributed by atoms with Crippen molar-refractivity contribution in [3.63, 3.8) is 0 Å². The molecule has 7 N–H and O–H groups in total. The number of benzene rings is 2. The van der Waals surface area contributed by atoms with E-state index in [0.29, 0.717) is 11.1 Å². The number of phenolic OH excluding ortho intramolecular Hbond substituents is 1. The van der Waals surface area contributed by atoms with E-state index in [1.165, 1.54) is 25.1 Å². The van der Waals surface area contributed by atoms with Crippen molar-refractivity contribution in [2.45, 2.75) is 49.9 Å². The molecule has 0 saturated heterocycles. The van der Waals surface area contributed by atoms with Crippen LogP contribution in [0.15, 0.2) is 59.4 Å². The summed E-state index contributed by atoms with van der Waals surface area (Å²) in [5.74, 6) is -7.23. The first-order valence-electron chi connectivity index (χ1n) is 13.5. The third-order valence-electron chi connectivity index (χ3n) is 8.67. The molecule has 3 aliphatic carbocycles. The molecule has 3 aliphatic rings. The molecule has 0 spiro atoms. The number of carbonyl (C=O) groups excluding carboxylic acids is 3. The van der Waals surface area contributed by atoms with Gasteiger partial charge in [-0.3, -0.25) is 19.3 Å². The van der Waals surface area contributed by atoms with E-state index in [4.69, 9.17) is 5.73 Å². The van der Waals surface area contributed by atoms with Crippen molar-refractivity contribution in [2.24, 2.45) is 11.7 Å². The molecule has 0 unspecified atom stereocenters. The van der Waals surface area contributed by atoms with Gasteiger partial charge in [0.1, 0.15) is 28.7 Å². The quantitative estimate of drug-likeness (QED) is 0.300. The normalized spacial score (nSPS) is 28.6. The van der Waals surface area contributed by atoms with Crippen molar-refractivity contribution >= 4 is 34.9 Å². The molecule has 1 amide bonds. The average Bonchev–Trinajstić information content (AvgIpc) is 2.88. The molecule has 42 heavy (non-hydrogen) atoms. The van der Waals surface area contributed by atoms with Crippen LogP contribution >= 0.6 is 0 Å². The first kappa shape index (κ1) is 29.2. The number of amides is 1. The van der Waals surface area contributed by atoms with Crippen LogP contribution in [0.4, 0.5) is 0 Å². The van der Waals surface area contributed by atoms with Crippen LogP contribution < -0.4 is 5.73 Å². The molecule has 2 aromatic rings. The number of aromatic hydroxyl groups is 1. The molecular weight excluding hydrogens is 540 g/mol. The van der Waals surface area contributed by atoms with E-state index < -0.39 is 69.7 Å². The highest BCUT2D eigenvalue weighted by molar-refractivity contribution is 6.26. The fraction of sp³-hybridized carbons (Fsp3) is 0.344. The second-order valence-electron chi connectivity index (χ2n) is 12.5. The summed E-state index contributed by atoms with van der Waals surface area (Å²) in [6.45, 7) is 6.24. The summed E-state index contributed by atoms with van der Waals surface area (Å²) < 4.78 is 0. The minimum absolute atomic E-state index is 0.0710. The van der Waals surface area contributed by atoms with E-state index >= 15 is 0 Å². The lowest BCUT2D eigenvalue weighted by atomic mass is 9.54. The van der Waals surface area contributed by atoms with Gasteiger partial charge in [0.2, 0.25) is 11.4 Å². The van der Waals surface area contributed by atoms with Gasteiger partial charge in [-0.2, -0.15) is 0 Å². The standard InChI is InChI=1S/C32H34N2O8/c1-30(2,3)16-11-9-15(10-12-16)13-18-17-7-6-8-20(35)21(17)24(36)22-19(18)14-31(41)26(34(4)5)25(37)23(29(33)40)28(39)32(31,42)27(22)38/h6-13,19,26,35-36,39,41-42H,14H2,1-5H3,(H2,33,40)/b18-13+/t19-,26-,31-,32+/m1/s1. The maximum absolute atomic E-state index is 14.2. The van der Waals surface area contributed by atoms with Crippen molar-refractivity contribution in [2.75, 3.05) is 14.1 Å². The summed E-state index contributed by atoms with van der Waals surface area (Å²) in [6, 6.07) is 10.6. The Labute approximate surface area is 242 Å². The van der Waals surface area contributed by atoms with E-state index in [2.05, 4.69) is 20.8 Å². The Balaban J connectivity index is 1.81. The van der Waals surface area contributed by atoms with Crippen LogP contribution in [0.1, 0.15) is 49.4 Å². The molecule has 1 saturated carbocycles. The number of carbonyl (C=O) groups is 3. The molecule has 1 fully saturated rings. The highest BCUT2D eigenvalue weighted by Gasteiger charge is 2.72. The van der Waals surface area contributed by atoms with Crippen LogP contribution in [0.5, 0.6) is 5.75 Å². The second kappa shape index (κ2) is 9.38. The Kier molecular flexibility index (Phi) is 6.53. The van der Waals surface area contributed by atoms with Crippen LogP contribution in [0.25, 0.3) is 17.4 Å². The maximum Gasteiger partial charge on any atom is 0.255 e. The molecule has 0 heterocycles. The molecule has 0 radical (unpaired) electrons. The Bertz CT molecular complexity index is 1640. The maximum atomic E-state index is 14.2. The topological polar surface area (TPSA) is 182 Å². The Morgan fingerprint density at radius 2 is 1.64 bits per heavy atom. The Hall–Kier alpha value is -4.25. The minimum atomic E-state index is -3.21. The zero-order valence-electron chi connectivity index (χ0n) is 24.0. The molecule has 2 aromatic carbocycles. The number of likely N-dealkylation sites (N-methyl/N-ethyl adjacent to an activating group) is 1. The lowest BCUT2D eigenvalue weighted by Crippen LogP contribution is -2.76. The molecule has 10 nitrogen and oxygen atoms in total. The number of hydrogen-bond donors (Lipinski definition) is 6. The molecule has 0 bridgehead atoms. The van der Waals surface area contributed by atoms with Crippen molar-refractivity contribution < 1.29 is 39.9 Å². The number of Topliss-reactive ketones (excluding diaryl/α,β-unsaturated/α-hetero) is 2. The number of nitrogens with zero attached hydrogens (tertiary/aromatic N) is 1. The zero-order valence-corrected chi connectivity index (χ0v) is 24.0. The number of allylic oxidation sites excluding steroid dienone is 1. The molecule has 5 rings (SSSR count). The number of aliphatic hydroxyl groups is 4. The highest BCUT2D eigenvalue weighted by Crippen LogP contribution is 2.57. The van der Waals surface area contributed by atoms with Crippen LogP contribution in [0.2, 0.25) is 0 Å². The van der Waals surface area contributed by atoms with Gasteiger partial charge in [-0.1, -0.05) is 63.2 Å². The van der Waals surface area contributed by atoms with Gasteiger partial charge in [-0.05, 0) is 54.3 Å². The summed E-state index contributed by atoms with van der Waals surface area (Å²) in [7, 11) is 2.83. The largest absolute Gasteiger partial charge is 0.508 e. The third-order valence-corrected chi connectivity index (χ3v) is 8.67. The van der Waals surface area contributed by atoms with Gasteiger partial charge in [0.15, 0.2) is 11.5 Å². The highest BCUT2D eigenvalue weighted by atomic mass is 16.4. The van der Waals surface area contributed by atoms with Crippen molar-refractivity contribution in [3.05, 3.63) is 81.6 Å². The van der Waals surface area contributed by atoms with E-state index in [1.807, 2.05) is 24.3 Å². The summed E-state index contributed by atoms with van der Waals surface area (Å²) >= 11 is 0. The smallest absolute Gasteiger partial charge is 0.255 e. The molecule has 0 aromatic heterocycles. The molecular formula is C32H34N2O8. The van der Waals surface area contributed by atoms with Gasteiger partial charge in [-0.25, -0.2) is 0 Å². The van der Waals surface area contributed by atoms with Crippen LogP contribution in [0, 0.1) is 5.92 Å². The minimum Gasteiger partial charge on any atom is -0.508 e. The van der Waals surface area contributed by atoms with Gasteiger partial charge >= 0.3 is 0 Å². The van der Waals surface area contributed by atoms with Gasteiger partial charge < -0.3 is 31.3 Å². The van der Waals surface area contributed by atoms with Crippen LogP contribution in [-0.2, 0) is 19.8 Å². The van der Waals surface area contributed by atoms with E-state index in [0.717, 1.165) is 11.1 Å². The number of primary amides is 1. The van der Waals surface area contributed by atoms with Gasteiger partial charge in [0.25, 0.3) is 5.91 Å². The second-order valence-corrected chi connectivity index (χ2v) is 12.5. The Morgan fingerprint density at radius 3 is 2.19 bits per heavy atom. The number of hydrogen-bond acceptors (Lipinski definition) is 9. The monoisotopic (exact) mass is 574 g/mol. The van der Waals surface area contributed by atoms with Crippen molar-refractivity contribution in [3.8, 4) is 5.75 Å². The third kappa shape index (κ3) is 3.86. The fourth-order valence-electron chi connectivity index (χ4n) is 6.61. The zero-order chi connectivity index (χ0) is 31.1. The van der Waals surface area contributed by atoms with Crippen LogP contribution in [0.3, 0.4) is 0 Å². The Morgan fingerprint density at radius 1 is 1.02 bits per heavy atom. The number of phenols is 1. The number of aliphatic hydroxyl groups excluding tert-OH is 2. The van der Waals surface area contributed by atoms with Gasteiger partial charge in [0.05, 0.1) is 5.56 Å². The lowest BCUT2D eigenvalue weighted by molar-refractivity contribution is -0.200. The molecule has 4 atom stereocenters. The van der Waals surface area contributed by atoms with Gasteiger partial charge in [-0.15, -0.1) is 0 Å². The summed E-state index contributed by atoms with van der Waals surface area (Å²) in [4.78, 5) is 41.1. The SMILES string of the molecule is CN(C)[C@@H]1C(=O)C(C(N)=O)=C(O)[C@@]2(O)C(=O)C3=C(O)c4c(O)cccc4/C(=C\c4ccc(C(C)(C)C)cc4)[C@H]3C[C@@]12O.